The van der Waals surface area contributed by atoms with E-state index in [2.05, 4.69) is 9.97 Å². The van der Waals surface area contributed by atoms with Crippen LogP contribution in [0.4, 0.5) is 0 Å². The molecule has 0 radical (unpaired) electrons. The molecule has 1 heterocycles. The number of carboxylic acid groups (broad SMARTS) is 1. The third kappa shape index (κ3) is 2.78. The number of hydrogen-bond donors (Lipinski definition) is 1. The van der Waals surface area contributed by atoms with Crippen LogP contribution in [0.25, 0.3) is 0 Å². The Bertz CT molecular complexity index is 575. The number of nitrogens with zero attached hydrogens (tertiary/aromatic N) is 2. The van der Waals surface area contributed by atoms with Crippen LogP contribution in [0.2, 0.25) is 0 Å². The molecule has 0 fully saturated rings. The minimum Gasteiger partial charge on any atom is -0.497 e. The van der Waals surface area contributed by atoms with E-state index in [1.165, 1.54) is 24.3 Å². The zero-order valence-corrected chi connectivity index (χ0v) is 10.3. The molecule has 1 aromatic carbocycles. The second kappa shape index (κ2) is 5.50. The van der Waals surface area contributed by atoms with Gasteiger partial charge in [0.1, 0.15) is 22.7 Å². The van der Waals surface area contributed by atoms with Crippen molar-refractivity contribution in [2.24, 2.45) is 0 Å². The van der Waals surface area contributed by atoms with Gasteiger partial charge in [-0.1, -0.05) is 17.8 Å². The van der Waals surface area contributed by atoms with E-state index in [9.17, 15) is 4.79 Å². The zero-order valence-electron chi connectivity index (χ0n) is 9.53. The standard InChI is InChI=1S/C12H10N2O3S/c1-17-8-3-2-4-9(5-8)18-11-10(12(15)16)6-13-7-14-11/h2-7H,1H3,(H,15,16). The first kappa shape index (κ1) is 12.4. The molecule has 0 aliphatic heterocycles. The van der Waals surface area contributed by atoms with E-state index >= 15 is 0 Å². The third-order valence-electron chi connectivity index (χ3n) is 2.16. The van der Waals surface area contributed by atoms with Crippen LogP contribution in [0.1, 0.15) is 10.4 Å². The Balaban J connectivity index is 2.31. The Hall–Kier alpha value is -2.08. The van der Waals surface area contributed by atoms with E-state index in [4.69, 9.17) is 9.84 Å². The summed E-state index contributed by atoms with van der Waals surface area (Å²) in [5, 5.41) is 9.43. The van der Waals surface area contributed by atoms with Crippen LogP contribution in [-0.4, -0.2) is 28.2 Å². The molecule has 0 amide bonds. The lowest BCUT2D eigenvalue weighted by Crippen LogP contribution is -2.01. The highest BCUT2D eigenvalue weighted by Gasteiger charge is 2.12. The van der Waals surface area contributed by atoms with Gasteiger partial charge in [-0.2, -0.15) is 0 Å². The van der Waals surface area contributed by atoms with Gasteiger partial charge in [0, 0.05) is 11.1 Å². The van der Waals surface area contributed by atoms with E-state index in [1.807, 2.05) is 24.3 Å². The average molecular weight is 262 g/mol. The largest absolute Gasteiger partial charge is 0.497 e. The lowest BCUT2D eigenvalue weighted by atomic mass is 10.3. The molecule has 5 nitrogen and oxygen atoms in total. The van der Waals surface area contributed by atoms with Crippen LogP contribution in [-0.2, 0) is 0 Å². The Kier molecular flexibility index (Phi) is 3.78. The maximum absolute atomic E-state index is 11.0. The van der Waals surface area contributed by atoms with Gasteiger partial charge in [0.05, 0.1) is 7.11 Å². The fourth-order valence-electron chi connectivity index (χ4n) is 1.32. The number of methoxy groups -OCH3 is 1. The highest BCUT2D eigenvalue weighted by Crippen LogP contribution is 2.30. The van der Waals surface area contributed by atoms with Crippen LogP contribution in [0.3, 0.4) is 0 Å². The number of aromatic nitrogens is 2. The monoisotopic (exact) mass is 262 g/mol. The molecular weight excluding hydrogens is 252 g/mol. The molecule has 0 spiro atoms. The smallest absolute Gasteiger partial charge is 0.340 e. The molecule has 1 aromatic heterocycles. The highest BCUT2D eigenvalue weighted by molar-refractivity contribution is 7.99. The van der Waals surface area contributed by atoms with E-state index in [-0.39, 0.29) is 5.56 Å². The molecule has 18 heavy (non-hydrogen) atoms. The van der Waals surface area contributed by atoms with Gasteiger partial charge in [-0.05, 0) is 18.2 Å². The molecule has 0 aliphatic rings. The Morgan fingerprint density at radius 3 is 3.00 bits per heavy atom. The summed E-state index contributed by atoms with van der Waals surface area (Å²) in [7, 11) is 1.58. The van der Waals surface area contributed by atoms with Crippen LogP contribution in [0, 0.1) is 0 Å². The highest BCUT2D eigenvalue weighted by atomic mass is 32.2. The molecule has 0 bridgehead atoms. The van der Waals surface area contributed by atoms with Crippen molar-refractivity contribution in [3.8, 4) is 5.75 Å². The van der Waals surface area contributed by atoms with Crippen LogP contribution < -0.4 is 4.74 Å². The van der Waals surface area contributed by atoms with Gasteiger partial charge in [0.2, 0.25) is 0 Å². The van der Waals surface area contributed by atoms with Gasteiger partial charge in [0.15, 0.2) is 0 Å². The number of hydrogen-bond acceptors (Lipinski definition) is 5. The van der Waals surface area contributed by atoms with Gasteiger partial charge in [-0.15, -0.1) is 0 Å². The molecule has 2 rings (SSSR count). The summed E-state index contributed by atoms with van der Waals surface area (Å²) in [4.78, 5) is 19.6. The number of rotatable bonds is 4. The number of carbonyl (C=O) groups is 1. The summed E-state index contributed by atoms with van der Waals surface area (Å²) in [5.41, 5.74) is 0.0883. The number of aromatic carboxylic acids is 1. The Morgan fingerprint density at radius 1 is 1.44 bits per heavy atom. The summed E-state index contributed by atoms with van der Waals surface area (Å²) in [6.07, 6.45) is 2.62. The fraction of sp³-hybridized carbons (Fsp3) is 0.0833. The van der Waals surface area contributed by atoms with Crippen LogP contribution in [0.15, 0.2) is 46.7 Å². The van der Waals surface area contributed by atoms with Crippen molar-refractivity contribution in [3.63, 3.8) is 0 Å². The molecule has 0 atom stereocenters. The minimum atomic E-state index is -1.04. The second-order valence-electron chi connectivity index (χ2n) is 3.33. The molecule has 0 saturated carbocycles. The Labute approximate surface area is 108 Å². The summed E-state index contributed by atoms with van der Waals surface area (Å²) in [6, 6.07) is 7.34. The van der Waals surface area contributed by atoms with Gasteiger partial charge in [-0.3, -0.25) is 0 Å². The van der Waals surface area contributed by atoms with E-state index in [1.54, 1.807) is 7.11 Å². The maximum Gasteiger partial charge on any atom is 0.340 e. The fourth-order valence-corrected chi connectivity index (χ4v) is 2.22. The van der Waals surface area contributed by atoms with Crippen molar-refractivity contribution >= 4 is 17.7 Å². The molecular formula is C12H10N2O3S. The topological polar surface area (TPSA) is 72.3 Å². The minimum absolute atomic E-state index is 0.0883. The van der Waals surface area contributed by atoms with Gasteiger partial charge in [0.25, 0.3) is 0 Å². The summed E-state index contributed by atoms with van der Waals surface area (Å²) in [5.74, 6) is -0.327. The van der Waals surface area contributed by atoms with Crippen molar-refractivity contribution in [2.45, 2.75) is 9.92 Å². The number of benzene rings is 1. The SMILES string of the molecule is COc1cccc(Sc2ncncc2C(=O)O)c1. The first-order chi connectivity index (χ1) is 8.70. The first-order valence-electron chi connectivity index (χ1n) is 5.06. The molecule has 0 unspecified atom stereocenters. The van der Waals surface area contributed by atoms with Crippen LogP contribution >= 0.6 is 11.8 Å². The molecule has 6 heteroatoms. The van der Waals surface area contributed by atoms with Crippen LogP contribution in [0.5, 0.6) is 5.75 Å². The third-order valence-corrected chi connectivity index (χ3v) is 3.17. The molecule has 1 N–H and O–H groups in total. The quantitative estimate of drug-likeness (QED) is 0.853. The summed E-state index contributed by atoms with van der Waals surface area (Å²) < 4.78 is 5.11. The molecule has 92 valence electrons. The second-order valence-corrected chi connectivity index (χ2v) is 4.39. The summed E-state index contributed by atoms with van der Waals surface area (Å²) >= 11 is 1.26. The predicted octanol–water partition coefficient (Wildman–Crippen LogP) is 2.33. The Morgan fingerprint density at radius 2 is 2.28 bits per heavy atom. The molecule has 0 aliphatic carbocycles. The van der Waals surface area contributed by atoms with E-state index < -0.39 is 5.97 Å². The van der Waals surface area contributed by atoms with E-state index in [0.29, 0.717) is 10.8 Å². The van der Waals surface area contributed by atoms with Crippen molar-refractivity contribution in [1.82, 2.24) is 9.97 Å². The van der Waals surface area contributed by atoms with Gasteiger partial charge >= 0.3 is 5.97 Å². The first-order valence-corrected chi connectivity index (χ1v) is 5.87. The lowest BCUT2D eigenvalue weighted by molar-refractivity contribution is 0.0691. The number of ether oxygens (including phenoxy) is 1. The van der Waals surface area contributed by atoms with Gasteiger partial charge in [-0.25, -0.2) is 14.8 Å². The number of carboxylic acids is 1. The normalized spacial score (nSPS) is 10.1. The predicted molar refractivity (Wildman–Crippen MR) is 66.1 cm³/mol. The van der Waals surface area contributed by atoms with Crippen molar-refractivity contribution < 1.29 is 14.6 Å². The molecule has 0 saturated heterocycles. The van der Waals surface area contributed by atoms with E-state index in [0.717, 1.165) is 4.90 Å². The molecule has 2 aromatic rings. The van der Waals surface area contributed by atoms with Crippen molar-refractivity contribution in [1.29, 1.82) is 0 Å². The van der Waals surface area contributed by atoms with Gasteiger partial charge < -0.3 is 9.84 Å². The average Bonchev–Trinajstić information content (AvgIpc) is 2.39. The lowest BCUT2D eigenvalue weighted by Gasteiger charge is -2.05. The maximum atomic E-state index is 11.0. The van der Waals surface area contributed by atoms with Crippen molar-refractivity contribution in [3.05, 3.63) is 42.4 Å². The van der Waals surface area contributed by atoms with Crippen molar-refractivity contribution in [2.75, 3.05) is 7.11 Å². The zero-order chi connectivity index (χ0) is 13.0. The summed E-state index contributed by atoms with van der Waals surface area (Å²) in [6.45, 7) is 0.